The van der Waals surface area contributed by atoms with Gasteiger partial charge in [-0.05, 0) is 46.9 Å². The number of carbonyl (C=O) groups excluding carboxylic acids is 6. The number of imide groups is 1. The van der Waals surface area contributed by atoms with Crippen LogP contribution in [0.1, 0.15) is 66.3 Å². The highest BCUT2D eigenvalue weighted by molar-refractivity contribution is 6.25. The fourth-order valence-electron chi connectivity index (χ4n) is 9.55. The Hall–Kier alpha value is -7.55. The molecule has 7 unspecified atom stereocenters. The lowest BCUT2D eigenvalue weighted by molar-refractivity contribution is -0.179. The van der Waals surface area contributed by atoms with E-state index in [0.717, 1.165) is 26.2 Å². The van der Waals surface area contributed by atoms with Crippen LogP contribution in [0.4, 0.5) is 10.5 Å². The zero-order chi connectivity index (χ0) is 48.2. The van der Waals surface area contributed by atoms with E-state index in [-0.39, 0.29) is 41.2 Å². The second kappa shape index (κ2) is 19.9. The molecule has 2 fully saturated rings. The van der Waals surface area contributed by atoms with Crippen LogP contribution in [0.15, 0.2) is 103 Å². The molecule has 0 aliphatic carbocycles. The van der Waals surface area contributed by atoms with Crippen LogP contribution >= 0.6 is 0 Å². The van der Waals surface area contributed by atoms with E-state index in [1.54, 1.807) is 104 Å². The molecule has 3 aliphatic heterocycles. The van der Waals surface area contributed by atoms with Gasteiger partial charge in [0.2, 0.25) is 5.91 Å². The molecule has 2 saturated heterocycles. The first-order chi connectivity index (χ1) is 32.3. The number of fused-ring (bicyclic) bond motifs is 3. The molecule has 0 aromatic heterocycles. The number of aliphatic hydroxyl groups excluding tert-OH is 1. The first-order valence-electron chi connectivity index (χ1n) is 21.4. The summed E-state index contributed by atoms with van der Waals surface area (Å²) in [6, 6.07) is 22.2. The number of urea groups is 1. The second-order valence-electron chi connectivity index (χ2n) is 16.4. The van der Waals surface area contributed by atoms with Gasteiger partial charge in [0.05, 0.1) is 45.7 Å². The van der Waals surface area contributed by atoms with E-state index in [0.29, 0.717) is 11.1 Å². The Balaban J connectivity index is 1.56. The summed E-state index contributed by atoms with van der Waals surface area (Å²) in [4.78, 5) is 101. The van der Waals surface area contributed by atoms with Crippen LogP contribution in [-0.4, -0.2) is 104 Å². The van der Waals surface area contributed by atoms with Gasteiger partial charge in [0, 0.05) is 17.5 Å². The third-order valence-electron chi connectivity index (χ3n) is 12.4. The first-order valence-corrected chi connectivity index (χ1v) is 21.4. The van der Waals surface area contributed by atoms with E-state index < -0.39 is 102 Å². The molecule has 7 atom stereocenters. The number of hydrogen-bond donors (Lipinski definition) is 3. The number of nitrogens with zero attached hydrogens (tertiary/aromatic N) is 2. The van der Waals surface area contributed by atoms with E-state index >= 15 is 4.79 Å². The van der Waals surface area contributed by atoms with Crippen LogP contribution < -0.4 is 15.0 Å². The van der Waals surface area contributed by atoms with Gasteiger partial charge in [-0.15, -0.1) is 0 Å². The van der Waals surface area contributed by atoms with E-state index in [1.165, 1.54) is 18.2 Å². The van der Waals surface area contributed by atoms with Gasteiger partial charge in [0.1, 0.15) is 41.9 Å². The number of anilines is 1. The molecular formula is C50H49N3O14. The van der Waals surface area contributed by atoms with Gasteiger partial charge in [-0.3, -0.25) is 28.9 Å². The minimum Gasteiger partial charge on any atom is -0.491 e. The number of methoxy groups -OCH3 is 3. The molecule has 4 aromatic rings. The number of aliphatic hydroxyl groups is 1. The number of morpholine rings is 1. The highest BCUT2D eigenvalue weighted by Crippen LogP contribution is 2.66. The number of aliphatic carboxylic acids is 1. The number of amides is 3. The maximum absolute atomic E-state index is 16.2. The maximum atomic E-state index is 16.2. The lowest BCUT2D eigenvalue weighted by Crippen LogP contribution is -2.56. The lowest BCUT2D eigenvalue weighted by atomic mass is 9.65. The molecule has 17 nitrogen and oxygen atoms in total. The van der Waals surface area contributed by atoms with Gasteiger partial charge in [-0.1, -0.05) is 105 Å². The Morgan fingerprint density at radius 2 is 1.42 bits per heavy atom. The smallest absolute Gasteiger partial charge is 0.329 e. The predicted molar refractivity (Wildman–Crippen MR) is 237 cm³/mol. The average Bonchev–Trinajstić information content (AvgIpc) is 3.80. The van der Waals surface area contributed by atoms with Gasteiger partial charge in [-0.2, -0.15) is 0 Å². The molecule has 3 heterocycles. The number of ether oxygens (including phenoxy) is 5. The summed E-state index contributed by atoms with van der Waals surface area (Å²) in [5, 5.41) is 24.3. The number of carboxylic acid groups (broad SMARTS) is 1. The molecule has 3 amide bonds. The monoisotopic (exact) mass is 915 g/mol. The molecule has 0 radical (unpaired) electrons. The van der Waals surface area contributed by atoms with E-state index in [2.05, 4.69) is 17.2 Å². The van der Waals surface area contributed by atoms with Crippen molar-refractivity contribution in [3.05, 3.63) is 131 Å². The number of carboxylic acids is 1. The second-order valence-corrected chi connectivity index (χ2v) is 16.4. The topological polar surface area (TPSA) is 225 Å². The Bertz CT molecular complexity index is 2610. The SMILES string of the molecule is COC(=O)C(CC#Cc1ccc2c(c1)C1(C(=O)N2C(=O)NC(C(=O)OC)C(C)C)C(C(=O)O)C2C(=O)OC(c3ccccc3)C(c3ccccc3)N2C1c1ccccc1OCCO)C(=O)OC. The van der Waals surface area contributed by atoms with Crippen molar-refractivity contribution >= 4 is 47.5 Å². The number of esters is 4. The van der Waals surface area contributed by atoms with Crippen LogP contribution in [0.2, 0.25) is 0 Å². The number of hydrogen-bond acceptors (Lipinski definition) is 14. The summed E-state index contributed by atoms with van der Waals surface area (Å²) < 4.78 is 27.0. The zero-order valence-electron chi connectivity index (χ0n) is 37.2. The van der Waals surface area contributed by atoms with Crippen molar-refractivity contribution in [1.29, 1.82) is 0 Å². The molecule has 348 valence electrons. The molecule has 1 spiro atoms. The van der Waals surface area contributed by atoms with Crippen LogP contribution in [0, 0.1) is 29.6 Å². The van der Waals surface area contributed by atoms with E-state index in [1.807, 2.05) is 0 Å². The van der Waals surface area contributed by atoms with Crippen molar-refractivity contribution in [3.8, 4) is 17.6 Å². The molecule has 3 aliphatic rings. The van der Waals surface area contributed by atoms with Crippen LogP contribution in [-0.2, 0) is 53.1 Å². The highest BCUT2D eigenvalue weighted by Gasteiger charge is 2.76. The molecule has 0 bridgehead atoms. The Kier molecular flexibility index (Phi) is 14.1. The number of carbonyl (C=O) groups is 7. The Labute approximate surface area is 385 Å². The number of rotatable bonds is 13. The third kappa shape index (κ3) is 8.45. The van der Waals surface area contributed by atoms with Crippen molar-refractivity contribution < 1.29 is 67.5 Å². The van der Waals surface area contributed by atoms with Crippen LogP contribution in [0.3, 0.4) is 0 Å². The summed E-state index contributed by atoms with van der Waals surface area (Å²) in [7, 11) is 3.36. The summed E-state index contributed by atoms with van der Waals surface area (Å²) in [6.45, 7) is 2.70. The zero-order valence-corrected chi connectivity index (χ0v) is 37.2. The van der Waals surface area contributed by atoms with E-state index in [4.69, 9.17) is 23.7 Å². The minimum absolute atomic E-state index is 0.0317. The van der Waals surface area contributed by atoms with Crippen molar-refractivity contribution in [2.24, 2.45) is 17.8 Å². The van der Waals surface area contributed by atoms with Crippen molar-refractivity contribution in [2.45, 2.75) is 56.0 Å². The van der Waals surface area contributed by atoms with E-state index in [9.17, 15) is 39.0 Å². The molecular weight excluding hydrogens is 867 g/mol. The number of para-hydroxylation sites is 1. The molecule has 4 aromatic carbocycles. The highest BCUT2D eigenvalue weighted by atomic mass is 16.6. The summed E-state index contributed by atoms with van der Waals surface area (Å²) >= 11 is 0. The molecule has 3 N–H and O–H groups in total. The number of cyclic esters (lactones) is 1. The van der Waals surface area contributed by atoms with Gasteiger partial charge >= 0.3 is 35.9 Å². The molecule has 7 rings (SSSR count). The predicted octanol–water partition coefficient (Wildman–Crippen LogP) is 4.42. The fraction of sp³-hybridized carbons (Fsp3) is 0.340. The van der Waals surface area contributed by atoms with Gasteiger partial charge < -0.3 is 39.2 Å². The quantitative estimate of drug-likeness (QED) is 0.0731. The summed E-state index contributed by atoms with van der Waals surface area (Å²) in [5.74, 6) is -4.27. The van der Waals surface area contributed by atoms with Crippen LogP contribution in [0.25, 0.3) is 0 Å². The van der Waals surface area contributed by atoms with Gasteiger partial charge in [-0.25, -0.2) is 14.5 Å². The summed E-state index contributed by atoms with van der Waals surface area (Å²) in [5.41, 5.74) is -0.964. The number of nitrogens with one attached hydrogen (secondary N) is 1. The largest absolute Gasteiger partial charge is 0.491 e. The Morgan fingerprint density at radius 3 is 2.01 bits per heavy atom. The first kappa shape index (κ1) is 47.4. The Morgan fingerprint density at radius 1 is 0.806 bits per heavy atom. The van der Waals surface area contributed by atoms with Crippen molar-refractivity contribution in [2.75, 3.05) is 39.4 Å². The standard InChI is InChI=1S/C50H49N3O14/c1-28(2)38(46(59)65-5)51-49(62)52-35-24-23-29(15-14-21-33(44(57)63-3)45(58)64-4)27-34(35)50(48(52)61)37(43(55)56)40-47(60)67-41(31-18-10-7-11-19-31)39(30-16-8-6-9-17-30)53(40)42(50)32-20-12-13-22-36(32)66-26-25-54/h6-13,16-20,22-24,27-28,33,37-42,54H,21,25-26H2,1-5H3,(H,51,62)(H,55,56). The summed E-state index contributed by atoms with van der Waals surface area (Å²) in [6.07, 6.45) is -1.42. The minimum atomic E-state index is -2.41. The molecule has 67 heavy (non-hydrogen) atoms. The third-order valence-corrected chi connectivity index (χ3v) is 12.4. The fourth-order valence-corrected chi connectivity index (χ4v) is 9.55. The average molecular weight is 916 g/mol. The lowest BCUT2D eigenvalue weighted by Gasteiger charge is -2.46. The maximum Gasteiger partial charge on any atom is 0.329 e. The normalized spacial score (nSPS) is 22.2. The number of benzene rings is 4. The van der Waals surface area contributed by atoms with Gasteiger partial charge in [0.25, 0.3) is 0 Å². The molecule has 0 saturated carbocycles. The molecule has 17 heteroatoms. The van der Waals surface area contributed by atoms with Crippen molar-refractivity contribution in [3.63, 3.8) is 0 Å². The van der Waals surface area contributed by atoms with Crippen LogP contribution in [0.5, 0.6) is 5.75 Å². The van der Waals surface area contributed by atoms with Gasteiger partial charge in [0.15, 0.2) is 5.92 Å². The van der Waals surface area contributed by atoms with Crippen molar-refractivity contribution in [1.82, 2.24) is 10.2 Å².